The van der Waals surface area contributed by atoms with Crippen LogP contribution in [0.3, 0.4) is 0 Å². The molecule has 1 amide bonds. The molecule has 158 valence electrons. The van der Waals surface area contributed by atoms with Crippen molar-refractivity contribution in [1.82, 2.24) is 4.57 Å². The van der Waals surface area contributed by atoms with Crippen LogP contribution in [0.25, 0.3) is 10.9 Å². The van der Waals surface area contributed by atoms with Gasteiger partial charge in [-0.1, -0.05) is 62.4 Å². The number of hydrogen-bond acceptors (Lipinski definition) is 3. The first-order valence-electron chi connectivity index (χ1n) is 10.1. The molecule has 0 bridgehead atoms. The Morgan fingerprint density at radius 2 is 1.55 bits per heavy atom. The summed E-state index contributed by atoms with van der Waals surface area (Å²) in [5, 5.41) is 3.49. The number of carbonyl (C=O) groups excluding carboxylic acids is 1. The molecular formula is C25H24N2O3S. The molecule has 0 unspecified atom stereocenters. The lowest BCUT2D eigenvalue weighted by atomic mass is 10.0. The number of amides is 1. The zero-order valence-corrected chi connectivity index (χ0v) is 18.3. The predicted molar refractivity (Wildman–Crippen MR) is 123 cm³/mol. The molecule has 5 nitrogen and oxygen atoms in total. The molecule has 0 spiro atoms. The van der Waals surface area contributed by atoms with E-state index in [0.717, 1.165) is 0 Å². The number of para-hydroxylation sites is 1. The van der Waals surface area contributed by atoms with Gasteiger partial charge in [0.25, 0.3) is 0 Å². The first-order valence-corrected chi connectivity index (χ1v) is 11.6. The second-order valence-electron chi connectivity index (χ2n) is 7.78. The number of sulfone groups is 1. The zero-order chi connectivity index (χ0) is 22.0. The van der Waals surface area contributed by atoms with Crippen molar-refractivity contribution in [3.05, 3.63) is 90.6 Å². The average Bonchev–Trinajstić information content (AvgIpc) is 3.14. The fraction of sp³-hybridized carbons (Fsp3) is 0.160. The van der Waals surface area contributed by atoms with Gasteiger partial charge < -0.3 is 9.88 Å². The van der Waals surface area contributed by atoms with Crippen LogP contribution < -0.4 is 5.32 Å². The van der Waals surface area contributed by atoms with Gasteiger partial charge in [-0.05, 0) is 41.8 Å². The molecule has 3 aromatic carbocycles. The van der Waals surface area contributed by atoms with Crippen LogP contribution in [0.5, 0.6) is 0 Å². The topological polar surface area (TPSA) is 68.2 Å². The normalized spacial score (nSPS) is 11.7. The molecule has 1 aromatic heterocycles. The molecule has 31 heavy (non-hydrogen) atoms. The number of carbonyl (C=O) groups is 1. The Hall–Kier alpha value is -3.38. The van der Waals surface area contributed by atoms with Crippen LogP contribution in [0.15, 0.2) is 94.9 Å². The van der Waals surface area contributed by atoms with Crippen molar-refractivity contribution in [3.63, 3.8) is 0 Å². The number of aromatic nitrogens is 1. The van der Waals surface area contributed by atoms with Crippen LogP contribution in [0.1, 0.15) is 25.3 Å². The third-order valence-corrected chi connectivity index (χ3v) is 7.07. The number of fused-ring (bicyclic) bond motifs is 1. The maximum Gasteiger partial charge on any atom is 0.244 e. The molecule has 0 saturated heterocycles. The van der Waals surface area contributed by atoms with E-state index in [-0.39, 0.29) is 22.2 Å². The summed E-state index contributed by atoms with van der Waals surface area (Å²) in [5.41, 5.74) is 2.61. The summed E-state index contributed by atoms with van der Waals surface area (Å²) in [6.07, 6.45) is 1.55. The zero-order valence-electron chi connectivity index (χ0n) is 17.4. The van der Waals surface area contributed by atoms with Gasteiger partial charge in [0.15, 0.2) is 0 Å². The Morgan fingerprint density at radius 3 is 2.23 bits per heavy atom. The standard InChI is InChI=1S/C25H24N2O3S/c1-18(2)19-12-14-20(15-13-19)26-25(28)17-27-16-24(22-10-6-7-11-23(22)27)31(29,30)21-8-4-3-5-9-21/h3-16,18H,17H2,1-2H3,(H,26,28). The monoisotopic (exact) mass is 432 g/mol. The third-order valence-electron chi connectivity index (χ3n) is 5.27. The molecule has 1 heterocycles. The van der Waals surface area contributed by atoms with E-state index >= 15 is 0 Å². The summed E-state index contributed by atoms with van der Waals surface area (Å²) in [6, 6.07) is 23.3. The lowest BCUT2D eigenvalue weighted by molar-refractivity contribution is -0.116. The number of nitrogens with zero attached hydrogens (tertiary/aromatic N) is 1. The van der Waals surface area contributed by atoms with Crippen LogP contribution in [0.2, 0.25) is 0 Å². The van der Waals surface area contributed by atoms with E-state index in [0.29, 0.717) is 22.5 Å². The van der Waals surface area contributed by atoms with Crippen molar-refractivity contribution in [3.8, 4) is 0 Å². The fourth-order valence-corrected chi connectivity index (χ4v) is 5.09. The van der Waals surface area contributed by atoms with E-state index in [1.165, 1.54) is 5.56 Å². The molecular weight excluding hydrogens is 408 g/mol. The van der Waals surface area contributed by atoms with Crippen molar-refractivity contribution < 1.29 is 13.2 Å². The number of hydrogen-bond donors (Lipinski definition) is 1. The van der Waals surface area contributed by atoms with Gasteiger partial charge >= 0.3 is 0 Å². The van der Waals surface area contributed by atoms with Crippen LogP contribution in [0, 0.1) is 0 Å². The molecule has 4 rings (SSSR count). The highest BCUT2D eigenvalue weighted by Gasteiger charge is 2.23. The predicted octanol–water partition coefficient (Wildman–Crippen LogP) is 5.24. The summed E-state index contributed by atoms with van der Waals surface area (Å²) in [5.74, 6) is 0.197. The van der Waals surface area contributed by atoms with Crippen LogP contribution in [0.4, 0.5) is 5.69 Å². The third kappa shape index (κ3) is 4.25. The highest BCUT2D eigenvalue weighted by atomic mass is 32.2. The van der Waals surface area contributed by atoms with E-state index in [1.54, 1.807) is 53.2 Å². The summed E-state index contributed by atoms with van der Waals surface area (Å²) in [4.78, 5) is 13.1. The summed E-state index contributed by atoms with van der Waals surface area (Å²) < 4.78 is 28.1. The molecule has 1 N–H and O–H groups in total. The second-order valence-corrected chi connectivity index (χ2v) is 9.70. The van der Waals surface area contributed by atoms with Crippen LogP contribution in [-0.2, 0) is 21.2 Å². The number of nitrogens with one attached hydrogen (secondary N) is 1. The summed E-state index contributed by atoms with van der Waals surface area (Å²) in [6.45, 7) is 4.24. The molecule has 0 aliphatic carbocycles. The molecule has 0 aliphatic heterocycles. The van der Waals surface area contributed by atoms with Gasteiger partial charge in [-0.3, -0.25) is 4.79 Å². The van der Waals surface area contributed by atoms with E-state index in [2.05, 4.69) is 19.2 Å². The van der Waals surface area contributed by atoms with E-state index in [4.69, 9.17) is 0 Å². The van der Waals surface area contributed by atoms with Gasteiger partial charge in [-0.25, -0.2) is 8.42 Å². The summed E-state index contributed by atoms with van der Waals surface area (Å²) in [7, 11) is -3.70. The Kier molecular flexibility index (Phi) is 5.65. The van der Waals surface area contributed by atoms with Crippen molar-refractivity contribution in [2.45, 2.75) is 36.1 Å². The molecule has 6 heteroatoms. The Balaban J connectivity index is 1.64. The van der Waals surface area contributed by atoms with Gasteiger partial charge in [0.1, 0.15) is 6.54 Å². The molecule has 0 atom stereocenters. The van der Waals surface area contributed by atoms with Gasteiger partial charge in [0, 0.05) is 22.8 Å². The minimum atomic E-state index is -3.70. The number of rotatable bonds is 6. The maximum absolute atomic E-state index is 13.2. The lowest BCUT2D eigenvalue weighted by Gasteiger charge is -2.09. The van der Waals surface area contributed by atoms with Crippen LogP contribution >= 0.6 is 0 Å². The van der Waals surface area contributed by atoms with E-state index in [9.17, 15) is 13.2 Å². The smallest absolute Gasteiger partial charge is 0.244 e. The molecule has 0 radical (unpaired) electrons. The minimum absolute atomic E-state index is 0.0107. The highest BCUT2D eigenvalue weighted by molar-refractivity contribution is 7.91. The molecule has 0 saturated carbocycles. The number of anilines is 1. The molecule has 0 fully saturated rings. The van der Waals surface area contributed by atoms with Gasteiger partial charge in [0.2, 0.25) is 15.7 Å². The first kappa shape index (κ1) is 20.9. The van der Waals surface area contributed by atoms with E-state index < -0.39 is 9.84 Å². The Labute approximate surface area is 182 Å². The van der Waals surface area contributed by atoms with Gasteiger partial charge in [-0.2, -0.15) is 0 Å². The Bertz CT molecular complexity index is 1320. The maximum atomic E-state index is 13.2. The molecule has 4 aromatic rings. The van der Waals surface area contributed by atoms with Crippen molar-refractivity contribution in [2.24, 2.45) is 0 Å². The Morgan fingerprint density at radius 1 is 0.903 bits per heavy atom. The largest absolute Gasteiger partial charge is 0.337 e. The minimum Gasteiger partial charge on any atom is -0.337 e. The quantitative estimate of drug-likeness (QED) is 0.453. The van der Waals surface area contributed by atoms with Crippen molar-refractivity contribution >= 4 is 32.3 Å². The number of benzene rings is 3. The van der Waals surface area contributed by atoms with Gasteiger partial charge in [-0.15, -0.1) is 0 Å². The molecule has 0 aliphatic rings. The second kappa shape index (κ2) is 8.40. The van der Waals surface area contributed by atoms with Crippen LogP contribution in [-0.4, -0.2) is 18.9 Å². The SMILES string of the molecule is CC(C)c1ccc(NC(=O)Cn2cc(S(=O)(=O)c3ccccc3)c3ccccc32)cc1. The van der Waals surface area contributed by atoms with E-state index in [1.807, 2.05) is 36.4 Å². The first-order chi connectivity index (χ1) is 14.9. The van der Waals surface area contributed by atoms with Crippen molar-refractivity contribution in [2.75, 3.05) is 5.32 Å². The van der Waals surface area contributed by atoms with Gasteiger partial charge in [0.05, 0.1) is 9.79 Å². The fourth-order valence-electron chi connectivity index (χ4n) is 3.59. The lowest BCUT2D eigenvalue weighted by Crippen LogP contribution is -2.18. The highest BCUT2D eigenvalue weighted by Crippen LogP contribution is 2.30. The average molecular weight is 433 g/mol. The summed E-state index contributed by atoms with van der Waals surface area (Å²) >= 11 is 0. The van der Waals surface area contributed by atoms with Crippen molar-refractivity contribution in [1.29, 1.82) is 0 Å².